The van der Waals surface area contributed by atoms with E-state index in [-0.39, 0.29) is 0 Å². The van der Waals surface area contributed by atoms with E-state index in [0.717, 1.165) is 19.0 Å². The first-order valence-electron chi connectivity index (χ1n) is 5.18. The molecule has 0 bridgehead atoms. The molecule has 0 aromatic carbocycles. The molecule has 0 aromatic heterocycles. The first kappa shape index (κ1) is 12.7. The van der Waals surface area contributed by atoms with E-state index in [1.165, 1.54) is 5.57 Å². The molecule has 1 nitrogen and oxygen atoms in total. The number of rotatable bonds is 4. The number of hydrogen-bond acceptors (Lipinski definition) is 1. The Balaban J connectivity index is 3.60. The summed E-state index contributed by atoms with van der Waals surface area (Å²) >= 11 is 0. The van der Waals surface area contributed by atoms with Crippen molar-refractivity contribution in [1.29, 1.82) is 0 Å². The summed E-state index contributed by atoms with van der Waals surface area (Å²) in [5, 5.41) is 3.45. The Hall–Kier alpha value is -0.300. The molecular formula is C12H25N. The van der Waals surface area contributed by atoms with Gasteiger partial charge in [0.25, 0.3) is 0 Å². The maximum absolute atomic E-state index is 3.45. The van der Waals surface area contributed by atoms with E-state index in [0.29, 0.717) is 5.41 Å². The van der Waals surface area contributed by atoms with Gasteiger partial charge in [-0.2, -0.15) is 0 Å². The molecule has 0 rings (SSSR count). The molecule has 0 aromatic rings. The molecule has 0 aliphatic rings. The van der Waals surface area contributed by atoms with Crippen LogP contribution in [0.3, 0.4) is 0 Å². The van der Waals surface area contributed by atoms with Gasteiger partial charge in [-0.1, -0.05) is 39.3 Å². The molecule has 1 unspecified atom stereocenters. The summed E-state index contributed by atoms with van der Waals surface area (Å²) in [6.45, 7) is 15.6. The van der Waals surface area contributed by atoms with Crippen molar-refractivity contribution in [2.24, 2.45) is 11.3 Å². The van der Waals surface area contributed by atoms with E-state index in [1.807, 2.05) is 0 Å². The molecule has 0 aliphatic carbocycles. The second-order valence-electron chi connectivity index (χ2n) is 5.21. The number of hydrogen-bond donors (Lipinski definition) is 1. The van der Waals surface area contributed by atoms with Gasteiger partial charge >= 0.3 is 0 Å². The molecule has 0 amide bonds. The van der Waals surface area contributed by atoms with Crippen molar-refractivity contribution in [3.8, 4) is 0 Å². The highest BCUT2D eigenvalue weighted by Crippen LogP contribution is 2.24. The van der Waals surface area contributed by atoms with Crippen LogP contribution in [0.15, 0.2) is 11.6 Å². The minimum Gasteiger partial charge on any atom is -0.313 e. The summed E-state index contributed by atoms with van der Waals surface area (Å²) < 4.78 is 0. The van der Waals surface area contributed by atoms with Crippen LogP contribution in [-0.4, -0.2) is 13.1 Å². The molecule has 13 heavy (non-hydrogen) atoms. The van der Waals surface area contributed by atoms with Gasteiger partial charge in [-0.3, -0.25) is 0 Å². The quantitative estimate of drug-likeness (QED) is 0.521. The minimum atomic E-state index is 0.415. The molecule has 1 heteroatoms. The fourth-order valence-electron chi connectivity index (χ4n) is 0.882. The van der Waals surface area contributed by atoms with Crippen LogP contribution in [0, 0.1) is 11.3 Å². The summed E-state index contributed by atoms with van der Waals surface area (Å²) in [6.07, 6.45) is 2.23. The molecule has 0 fully saturated rings. The maximum Gasteiger partial charge on any atom is 0.0137 e. The Labute approximate surface area is 83.6 Å². The van der Waals surface area contributed by atoms with Crippen LogP contribution in [0.1, 0.15) is 41.5 Å². The van der Waals surface area contributed by atoms with Crippen LogP contribution in [0.5, 0.6) is 0 Å². The van der Waals surface area contributed by atoms with E-state index < -0.39 is 0 Å². The molecule has 0 heterocycles. The highest BCUT2D eigenvalue weighted by atomic mass is 14.8. The number of nitrogens with one attached hydrogen (secondary N) is 1. The van der Waals surface area contributed by atoms with Gasteiger partial charge < -0.3 is 5.32 Å². The van der Waals surface area contributed by atoms with Crippen LogP contribution in [0.2, 0.25) is 0 Å². The average molecular weight is 183 g/mol. The fourth-order valence-corrected chi connectivity index (χ4v) is 0.882. The standard InChI is InChI=1S/C12H25N/c1-10(2)7-8-13-9-11(3)12(4,5)6/h7,11,13H,8-9H2,1-6H3. The smallest absolute Gasteiger partial charge is 0.0137 e. The fraction of sp³-hybridized carbons (Fsp3) is 0.833. The van der Waals surface area contributed by atoms with Crippen LogP contribution in [0.25, 0.3) is 0 Å². The summed E-state index contributed by atoms with van der Waals surface area (Å²) in [5.74, 6) is 0.720. The largest absolute Gasteiger partial charge is 0.313 e. The predicted molar refractivity (Wildman–Crippen MR) is 60.9 cm³/mol. The molecule has 78 valence electrons. The topological polar surface area (TPSA) is 12.0 Å². The molecule has 1 atom stereocenters. The van der Waals surface area contributed by atoms with Crippen LogP contribution >= 0.6 is 0 Å². The van der Waals surface area contributed by atoms with Crippen LogP contribution in [-0.2, 0) is 0 Å². The zero-order chi connectivity index (χ0) is 10.5. The van der Waals surface area contributed by atoms with Gasteiger partial charge in [0.15, 0.2) is 0 Å². The van der Waals surface area contributed by atoms with E-state index in [4.69, 9.17) is 0 Å². The van der Waals surface area contributed by atoms with Crippen LogP contribution < -0.4 is 5.32 Å². The Morgan fingerprint density at radius 3 is 2.23 bits per heavy atom. The van der Waals surface area contributed by atoms with Crippen molar-refractivity contribution >= 4 is 0 Å². The Bertz CT molecular complexity index is 158. The molecule has 0 spiro atoms. The van der Waals surface area contributed by atoms with Gasteiger partial charge in [-0.25, -0.2) is 0 Å². The highest BCUT2D eigenvalue weighted by Gasteiger charge is 2.18. The monoisotopic (exact) mass is 183 g/mol. The zero-order valence-corrected chi connectivity index (χ0v) is 10.1. The van der Waals surface area contributed by atoms with Crippen LogP contribution in [0.4, 0.5) is 0 Å². The number of allylic oxidation sites excluding steroid dienone is 1. The molecular weight excluding hydrogens is 158 g/mol. The molecule has 0 radical (unpaired) electrons. The third-order valence-electron chi connectivity index (χ3n) is 2.58. The normalized spacial score (nSPS) is 14.0. The van der Waals surface area contributed by atoms with E-state index in [9.17, 15) is 0 Å². The summed E-state index contributed by atoms with van der Waals surface area (Å²) in [7, 11) is 0. The van der Waals surface area contributed by atoms with Crippen molar-refractivity contribution in [3.63, 3.8) is 0 Å². The van der Waals surface area contributed by atoms with Crippen molar-refractivity contribution in [2.75, 3.05) is 13.1 Å². The van der Waals surface area contributed by atoms with Gasteiger partial charge in [0.2, 0.25) is 0 Å². The third kappa shape index (κ3) is 6.83. The first-order valence-corrected chi connectivity index (χ1v) is 5.18. The van der Waals surface area contributed by atoms with Crippen molar-refractivity contribution < 1.29 is 0 Å². The minimum absolute atomic E-state index is 0.415. The van der Waals surface area contributed by atoms with Crippen molar-refractivity contribution in [2.45, 2.75) is 41.5 Å². The lowest BCUT2D eigenvalue weighted by Crippen LogP contribution is -2.29. The zero-order valence-electron chi connectivity index (χ0n) is 10.1. The maximum atomic E-state index is 3.45. The third-order valence-corrected chi connectivity index (χ3v) is 2.58. The molecule has 0 saturated heterocycles. The van der Waals surface area contributed by atoms with E-state index >= 15 is 0 Å². The summed E-state index contributed by atoms with van der Waals surface area (Å²) in [6, 6.07) is 0. The lowest BCUT2D eigenvalue weighted by Gasteiger charge is -2.27. The Morgan fingerprint density at radius 1 is 1.31 bits per heavy atom. The molecule has 1 N–H and O–H groups in total. The van der Waals surface area contributed by atoms with Gasteiger partial charge in [0.1, 0.15) is 0 Å². The van der Waals surface area contributed by atoms with Gasteiger partial charge in [0, 0.05) is 6.54 Å². The van der Waals surface area contributed by atoms with Gasteiger partial charge in [0.05, 0.1) is 0 Å². The molecule has 0 saturated carbocycles. The van der Waals surface area contributed by atoms with Gasteiger partial charge in [-0.15, -0.1) is 0 Å². The Morgan fingerprint density at radius 2 is 1.85 bits per heavy atom. The molecule has 0 aliphatic heterocycles. The second kappa shape index (κ2) is 5.43. The first-order chi connectivity index (χ1) is 5.84. The average Bonchev–Trinajstić information content (AvgIpc) is 1.95. The lowest BCUT2D eigenvalue weighted by molar-refractivity contribution is 0.255. The summed E-state index contributed by atoms with van der Waals surface area (Å²) in [5.41, 5.74) is 1.80. The SMILES string of the molecule is CC(C)=CCNCC(C)C(C)(C)C. The van der Waals surface area contributed by atoms with Crippen molar-refractivity contribution in [3.05, 3.63) is 11.6 Å². The lowest BCUT2D eigenvalue weighted by atomic mass is 9.82. The highest BCUT2D eigenvalue weighted by molar-refractivity contribution is 4.94. The van der Waals surface area contributed by atoms with E-state index in [2.05, 4.69) is 52.9 Å². The van der Waals surface area contributed by atoms with E-state index in [1.54, 1.807) is 0 Å². The predicted octanol–water partition coefficient (Wildman–Crippen LogP) is 3.22. The summed E-state index contributed by atoms with van der Waals surface area (Å²) in [4.78, 5) is 0. The second-order valence-corrected chi connectivity index (χ2v) is 5.21. The van der Waals surface area contributed by atoms with Gasteiger partial charge in [-0.05, 0) is 31.7 Å². The Kier molecular flexibility index (Phi) is 5.31. The van der Waals surface area contributed by atoms with Crippen molar-refractivity contribution in [1.82, 2.24) is 5.32 Å².